The van der Waals surface area contributed by atoms with Gasteiger partial charge in [0.05, 0.1) is 11.1 Å². The highest BCUT2D eigenvalue weighted by Crippen LogP contribution is 2.65. The van der Waals surface area contributed by atoms with Crippen LogP contribution >= 0.6 is 11.8 Å². The summed E-state index contributed by atoms with van der Waals surface area (Å²) in [5.74, 6) is 0. The van der Waals surface area contributed by atoms with Gasteiger partial charge in [0, 0.05) is 27.3 Å². The van der Waals surface area contributed by atoms with Crippen LogP contribution < -0.4 is 0 Å². The molecule has 1 spiro atoms. The molecule has 2 heteroatoms. The average Bonchev–Trinajstić information content (AvgIpc) is 3.68. The van der Waals surface area contributed by atoms with Crippen LogP contribution in [0.1, 0.15) is 45.9 Å². The van der Waals surface area contributed by atoms with E-state index in [2.05, 4.69) is 184 Å². The van der Waals surface area contributed by atoms with Gasteiger partial charge < -0.3 is 0 Å². The third-order valence-corrected chi connectivity index (χ3v) is 11.5. The Morgan fingerprint density at radius 2 is 1.08 bits per heavy atom. The van der Waals surface area contributed by atoms with Crippen molar-refractivity contribution in [1.82, 2.24) is 0 Å². The number of benzene rings is 7. The number of aliphatic imine (C=N–C) groups is 1. The molecule has 0 amide bonds. The first kappa shape index (κ1) is 32.0. The molecule has 0 fully saturated rings. The number of thioether (sulfide) groups is 1. The van der Waals surface area contributed by atoms with Crippen molar-refractivity contribution in [3.05, 3.63) is 221 Å². The van der Waals surface area contributed by atoms with Crippen LogP contribution in [0.3, 0.4) is 0 Å². The molecule has 7 aromatic carbocycles. The van der Waals surface area contributed by atoms with Crippen molar-refractivity contribution in [2.75, 3.05) is 6.26 Å². The Morgan fingerprint density at radius 3 is 1.73 bits per heavy atom. The van der Waals surface area contributed by atoms with Crippen molar-refractivity contribution >= 4 is 28.7 Å². The van der Waals surface area contributed by atoms with Crippen LogP contribution in [0.4, 0.5) is 0 Å². The number of fused-ring (bicyclic) bond motifs is 10. The SMILES string of the molecule is C=C(/C=C(\N=C(/C)c1cccc2c1-c1ccccc1C21c2ccccc2-c2c1ccc(SC)c2-c1ccccc1)c1ccccc1)c1ccccc1. The van der Waals surface area contributed by atoms with Gasteiger partial charge in [-0.1, -0.05) is 170 Å². The van der Waals surface area contributed by atoms with Gasteiger partial charge in [-0.25, -0.2) is 0 Å². The number of allylic oxidation sites excluding steroid dienone is 2. The number of rotatable bonds is 7. The summed E-state index contributed by atoms with van der Waals surface area (Å²) < 4.78 is 0. The molecule has 0 aliphatic heterocycles. The Bertz CT molecular complexity index is 2560. The summed E-state index contributed by atoms with van der Waals surface area (Å²) in [5, 5.41) is 0. The van der Waals surface area contributed by atoms with Gasteiger partial charge in [-0.15, -0.1) is 11.8 Å². The minimum Gasteiger partial charge on any atom is -0.252 e. The third-order valence-electron chi connectivity index (χ3n) is 10.7. The molecule has 1 atom stereocenters. The second-order valence-electron chi connectivity index (χ2n) is 13.5. The summed E-state index contributed by atoms with van der Waals surface area (Å²) in [6.07, 6.45) is 4.30. The van der Waals surface area contributed by atoms with Crippen molar-refractivity contribution in [2.45, 2.75) is 17.2 Å². The molecule has 1 nitrogen and oxygen atoms in total. The number of hydrogen-bond donors (Lipinski definition) is 0. The molecule has 0 aromatic heterocycles. The lowest BCUT2D eigenvalue weighted by molar-refractivity contribution is 0.793. The normalized spacial score (nSPS) is 15.6. The molecule has 1 unspecified atom stereocenters. The van der Waals surface area contributed by atoms with E-state index in [9.17, 15) is 0 Å². The third kappa shape index (κ3) is 4.90. The van der Waals surface area contributed by atoms with Gasteiger partial charge in [-0.2, -0.15) is 0 Å². The molecule has 52 heavy (non-hydrogen) atoms. The zero-order valence-electron chi connectivity index (χ0n) is 29.3. The van der Waals surface area contributed by atoms with E-state index in [1.54, 1.807) is 0 Å². The van der Waals surface area contributed by atoms with E-state index in [1.165, 1.54) is 60.5 Å². The van der Waals surface area contributed by atoms with E-state index in [0.29, 0.717) is 0 Å². The predicted molar refractivity (Wildman–Crippen MR) is 222 cm³/mol. The van der Waals surface area contributed by atoms with Gasteiger partial charge in [0.15, 0.2) is 0 Å². The van der Waals surface area contributed by atoms with Gasteiger partial charge in [-0.3, -0.25) is 4.99 Å². The molecule has 0 radical (unpaired) electrons. The van der Waals surface area contributed by atoms with Crippen LogP contribution in [0.25, 0.3) is 44.7 Å². The Balaban J connectivity index is 1.30. The lowest BCUT2D eigenvalue weighted by Gasteiger charge is -2.31. The first-order chi connectivity index (χ1) is 25.6. The fourth-order valence-corrected chi connectivity index (χ4v) is 9.18. The molecular formula is C50H37NS. The molecular weight excluding hydrogens is 647 g/mol. The molecule has 0 bridgehead atoms. The van der Waals surface area contributed by atoms with Crippen LogP contribution in [0, 0.1) is 0 Å². The summed E-state index contributed by atoms with van der Waals surface area (Å²) in [4.78, 5) is 6.72. The number of nitrogens with zero attached hydrogens (tertiary/aromatic N) is 1. The molecule has 0 saturated heterocycles. The zero-order chi connectivity index (χ0) is 35.2. The summed E-state index contributed by atoms with van der Waals surface area (Å²) in [5.41, 5.74) is 18.6. The zero-order valence-corrected chi connectivity index (χ0v) is 30.1. The van der Waals surface area contributed by atoms with Gasteiger partial charge in [0.25, 0.3) is 0 Å². The van der Waals surface area contributed by atoms with Crippen LogP contribution in [0.15, 0.2) is 192 Å². The quantitative estimate of drug-likeness (QED) is 0.0925. The lowest BCUT2D eigenvalue weighted by atomic mass is 9.70. The maximum atomic E-state index is 5.43. The Labute approximate surface area is 310 Å². The van der Waals surface area contributed by atoms with E-state index in [4.69, 9.17) is 4.99 Å². The van der Waals surface area contributed by atoms with Crippen molar-refractivity contribution in [3.8, 4) is 33.4 Å². The Kier molecular flexibility index (Phi) is 7.98. The molecule has 2 aliphatic rings. The maximum Gasteiger partial charge on any atom is 0.0726 e. The van der Waals surface area contributed by atoms with Crippen molar-refractivity contribution in [3.63, 3.8) is 0 Å². The minimum absolute atomic E-state index is 0.464. The highest BCUT2D eigenvalue weighted by atomic mass is 32.2. The topological polar surface area (TPSA) is 12.4 Å². The molecule has 0 N–H and O–H groups in total. The summed E-state index contributed by atoms with van der Waals surface area (Å²) in [6.45, 7) is 6.60. The van der Waals surface area contributed by atoms with Crippen molar-refractivity contribution in [2.24, 2.45) is 4.99 Å². The highest BCUT2D eigenvalue weighted by molar-refractivity contribution is 7.98. The van der Waals surface area contributed by atoms with E-state index in [1.807, 2.05) is 23.9 Å². The van der Waals surface area contributed by atoms with Crippen LogP contribution in [0.5, 0.6) is 0 Å². The van der Waals surface area contributed by atoms with E-state index >= 15 is 0 Å². The second-order valence-corrected chi connectivity index (χ2v) is 14.3. The first-order valence-corrected chi connectivity index (χ1v) is 19.0. The first-order valence-electron chi connectivity index (χ1n) is 17.8. The highest BCUT2D eigenvalue weighted by Gasteiger charge is 2.52. The van der Waals surface area contributed by atoms with E-state index < -0.39 is 5.41 Å². The smallest absolute Gasteiger partial charge is 0.0726 e. The predicted octanol–water partition coefficient (Wildman–Crippen LogP) is 13.0. The van der Waals surface area contributed by atoms with Crippen molar-refractivity contribution < 1.29 is 0 Å². The standard InChI is InChI=1S/C50H37NS/c1-33(35-18-7-4-8-19-35)32-45(36-20-9-5-10-21-36)51-34(2)38-26-17-29-43-48(38)39-24-13-15-27-41(39)50(43)42-28-16-14-25-40(42)49-44(50)30-31-46(52-3)47(49)37-22-11-6-12-23-37/h4-32H,1H2,2-3H3/b45-32-,51-34+. The molecule has 0 saturated carbocycles. The molecule has 0 heterocycles. The summed E-state index contributed by atoms with van der Waals surface area (Å²) in [6, 6.07) is 61.4. The molecule has 248 valence electrons. The van der Waals surface area contributed by atoms with Crippen LogP contribution in [-0.4, -0.2) is 12.0 Å². The summed E-state index contributed by atoms with van der Waals surface area (Å²) >= 11 is 1.82. The lowest BCUT2D eigenvalue weighted by Crippen LogP contribution is -2.26. The van der Waals surface area contributed by atoms with Gasteiger partial charge in [-0.05, 0) is 86.5 Å². The van der Waals surface area contributed by atoms with E-state index in [-0.39, 0.29) is 0 Å². The molecule has 7 aromatic rings. The Morgan fingerprint density at radius 1 is 0.538 bits per heavy atom. The fraction of sp³-hybridized carbons (Fsp3) is 0.0600. The maximum absolute atomic E-state index is 5.43. The van der Waals surface area contributed by atoms with Crippen LogP contribution in [-0.2, 0) is 5.41 Å². The largest absolute Gasteiger partial charge is 0.252 e. The minimum atomic E-state index is -0.464. The second kappa shape index (κ2) is 13.0. The average molecular weight is 684 g/mol. The molecule has 9 rings (SSSR count). The molecule has 2 aliphatic carbocycles. The fourth-order valence-electron chi connectivity index (χ4n) is 8.55. The van der Waals surface area contributed by atoms with Gasteiger partial charge in [0.2, 0.25) is 0 Å². The van der Waals surface area contributed by atoms with Gasteiger partial charge >= 0.3 is 0 Å². The Hall–Kier alpha value is -5.96. The number of hydrogen-bond acceptors (Lipinski definition) is 2. The van der Waals surface area contributed by atoms with Crippen molar-refractivity contribution in [1.29, 1.82) is 0 Å². The monoisotopic (exact) mass is 683 g/mol. The van der Waals surface area contributed by atoms with Gasteiger partial charge in [0.1, 0.15) is 0 Å². The van der Waals surface area contributed by atoms with Crippen LogP contribution in [0.2, 0.25) is 0 Å². The van der Waals surface area contributed by atoms with E-state index in [0.717, 1.165) is 33.7 Å². The summed E-state index contributed by atoms with van der Waals surface area (Å²) in [7, 11) is 0.